The first-order valence-electron chi connectivity index (χ1n) is 11.4. The van der Waals surface area contributed by atoms with Gasteiger partial charge in [-0.25, -0.2) is 18.2 Å². The van der Waals surface area contributed by atoms with Crippen LogP contribution in [0.5, 0.6) is 0 Å². The molecule has 3 aromatic rings. The zero-order valence-electron chi connectivity index (χ0n) is 20.5. The van der Waals surface area contributed by atoms with E-state index in [2.05, 4.69) is 55.7 Å². The number of alkyl halides is 3. The number of sulfonamides is 1. The molecule has 0 spiro atoms. The van der Waals surface area contributed by atoms with Crippen molar-refractivity contribution in [3.63, 3.8) is 0 Å². The maximum Gasteiger partial charge on any atom is 0.490 e. The van der Waals surface area contributed by atoms with E-state index in [1.807, 2.05) is 13.1 Å². The van der Waals surface area contributed by atoms with Gasteiger partial charge in [-0.2, -0.15) is 13.2 Å². The molecule has 1 aliphatic heterocycles. The maximum atomic E-state index is 12.6. The van der Waals surface area contributed by atoms with Crippen molar-refractivity contribution in [1.82, 2.24) is 14.9 Å². The highest BCUT2D eigenvalue weighted by atomic mass is 35.5. The molecule has 1 fully saturated rings. The van der Waals surface area contributed by atoms with Crippen LogP contribution in [0, 0.1) is 0 Å². The Balaban J connectivity index is 0.000000505. The number of nitrogens with zero attached hydrogens (tertiary/aromatic N) is 3. The fraction of sp³-hybridized carbons (Fsp3) is 0.333. The number of hydrogen-bond acceptors (Lipinski definition) is 6. The number of nitrogens with one attached hydrogen (secondary N) is 2. The molecular weight excluding hydrogens is 547 g/mol. The Bertz CT molecular complexity index is 1320. The summed E-state index contributed by atoms with van der Waals surface area (Å²) >= 11 is 6.52. The molecule has 38 heavy (non-hydrogen) atoms. The average molecular weight is 574 g/mol. The maximum absolute atomic E-state index is 12.6. The van der Waals surface area contributed by atoms with Crippen LogP contribution in [0.2, 0.25) is 5.02 Å². The molecule has 0 radical (unpaired) electrons. The van der Waals surface area contributed by atoms with Crippen molar-refractivity contribution in [3.8, 4) is 0 Å². The highest BCUT2D eigenvalue weighted by Gasteiger charge is 2.38. The Morgan fingerprint density at radius 2 is 1.92 bits per heavy atom. The lowest BCUT2D eigenvalue weighted by Crippen LogP contribution is -2.35. The number of likely N-dealkylation sites (tertiary alicyclic amines) is 1. The zero-order valence-corrected chi connectivity index (χ0v) is 22.1. The molecule has 1 aromatic heterocycles. The van der Waals surface area contributed by atoms with Crippen LogP contribution in [0.4, 0.5) is 24.7 Å². The summed E-state index contributed by atoms with van der Waals surface area (Å²) in [5.41, 5.74) is 2.13. The lowest BCUT2D eigenvalue weighted by Gasteiger charge is -2.30. The number of aliphatic carboxylic acids is 1. The molecule has 2 aromatic carbocycles. The van der Waals surface area contributed by atoms with Gasteiger partial charge in [0.2, 0.25) is 0 Å². The van der Waals surface area contributed by atoms with Gasteiger partial charge in [-0.15, -0.1) is 0 Å². The third kappa shape index (κ3) is 7.39. The van der Waals surface area contributed by atoms with Crippen molar-refractivity contribution < 1.29 is 31.5 Å². The van der Waals surface area contributed by atoms with Crippen LogP contribution in [0.3, 0.4) is 0 Å². The molecule has 0 saturated carbocycles. The highest BCUT2D eigenvalue weighted by molar-refractivity contribution is 7.92. The number of aromatic nitrogens is 2. The normalized spacial score (nSPS) is 16.8. The van der Waals surface area contributed by atoms with Gasteiger partial charge < -0.3 is 15.0 Å². The van der Waals surface area contributed by atoms with E-state index in [0.29, 0.717) is 22.9 Å². The van der Waals surface area contributed by atoms with Crippen molar-refractivity contribution >= 4 is 39.1 Å². The first-order chi connectivity index (χ1) is 17.8. The zero-order chi connectivity index (χ0) is 28.1. The van der Waals surface area contributed by atoms with Gasteiger partial charge in [0.05, 0.1) is 28.1 Å². The van der Waals surface area contributed by atoms with E-state index in [-0.39, 0.29) is 4.90 Å². The van der Waals surface area contributed by atoms with Gasteiger partial charge in [-0.1, -0.05) is 41.9 Å². The number of imidazole rings is 1. The number of carbonyl (C=O) groups is 1. The van der Waals surface area contributed by atoms with Crippen molar-refractivity contribution in [2.45, 2.75) is 36.5 Å². The van der Waals surface area contributed by atoms with Gasteiger partial charge in [-0.05, 0) is 37.1 Å². The Labute approximate surface area is 223 Å². The first-order valence-corrected chi connectivity index (χ1v) is 13.3. The van der Waals surface area contributed by atoms with E-state index in [1.165, 1.54) is 24.2 Å². The van der Waals surface area contributed by atoms with Crippen LogP contribution in [-0.4, -0.2) is 66.7 Å². The third-order valence-electron chi connectivity index (χ3n) is 6.17. The summed E-state index contributed by atoms with van der Waals surface area (Å²) < 4.78 is 59.4. The Morgan fingerprint density at radius 1 is 1.26 bits per heavy atom. The van der Waals surface area contributed by atoms with E-state index in [4.69, 9.17) is 21.5 Å². The predicted molar refractivity (Wildman–Crippen MR) is 138 cm³/mol. The molecule has 0 bridgehead atoms. The van der Waals surface area contributed by atoms with Gasteiger partial charge in [0.1, 0.15) is 5.82 Å². The third-order valence-corrected chi connectivity index (χ3v) is 7.83. The van der Waals surface area contributed by atoms with Crippen molar-refractivity contribution in [1.29, 1.82) is 0 Å². The molecule has 9 nitrogen and oxygen atoms in total. The molecule has 0 aliphatic carbocycles. The summed E-state index contributed by atoms with van der Waals surface area (Å²) in [5, 5.41) is 7.53. The summed E-state index contributed by atoms with van der Waals surface area (Å²) in [5.74, 6) is -2.46. The predicted octanol–water partition coefficient (Wildman–Crippen LogP) is 4.77. The highest BCUT2D eigenvalue weighted by Crippen LogP contribution is 2.33. The fourth-order valence-electron chi connectivity index (χ4n) is 4.03. The Morgan fingerprint density at radius 3 is 2.47 bits per heavy atom. The number of H-pyrrole nitrogens is 1. The van der Waals surface area contributed by atoms with E-state index in [1.54, 1.807) is 12.1 Å². The molecule has 1 aliphatic rings. The Hall–Kier alpha value is -3.29. The number of hydrogen-bond donors (Lipinski definition) is 3. The molecule has 1 saturated heterocycles. The topological polar surface area (TPSA) is 119 Å². The molecule has 2 atom stereocenters. The minimum Gasteiger partial charge on any atom is -0.475 e. The lowest BCUT2D eigenvalue weighted by atomic mass is 10.1. The molecule has 0 unspecified atom stereocenters. The largest absolute Gasteiger partial charge is 0.490 e. The molecular formula is C24H27ClF3N5O4S. The summed E-state index contributed by atoms with van der Waals surface area (Å²) in [4.78, 5) is 20.2. The minimum absolute atomic E-state index is 0.106. The first kappa shape index (κ1) is 29.3. The second-order valence-electron chi connectivity index (χ2n) is 8.62. The average Bonchev–Trinajstić information content (AvgIpc) is 3.56. The molecule has 3 N–H and O–H groups in total. The summed E-state index contributed by atoms with van der Waals surface area (Å²) in [6, 6.07) is 16.0. The second-order valence-corrected chi connectivity index (χ2v) is 10.7. The molecule has 2 heterocycles. The van der Waals surface area contributed by atoms with Crippen LogP contribution in [0.25, 0.3) is 0 Å². The van der Waals surface area contributed by atoms with E-state index in [0.717, 1.165) is 25.2 Å². The van der Waals surface area contributed by atoms with E-state index < -0.39 is 22.2 Å². The van der Waals surface area contributed by atoms with Gasteiger partial charge in [0.15, 0.2) is 0 Å². The van der Waals surface area contributed by atoms with Crippen LogP contribution in [0.1, 0.15) is 24.9 Å². The molecule has 14 heteroatoms. The quantitative estimate of drug-likeness (QED) is 0.372. The number of carboxylic acids is 1. The van der Waals surface area contributed by atoms with Gasteiger partial charge >= 0.3 is 12.1 Å². The number of rotatable bonds is 7. The number of halogens is 4. The fourth-order valence-corrected chi connectivity index (χ4v) is 5.45. The number of likely N-dealkylation sites (N-methyl/N-ethyl adjacent to an activating group) is 1. The number of anilines is 2. The van der Waals surface area contributed by atoms with Crippen LogP contribution < -0.4 is 9.62 Å². The second kappa shape index (κ2) is 12.0. The molecule has 206 valence electrons. The van der Waals surface area contributed by atoms with Crippen LogP contribution >= 0.6 is 11.6 Å². The smallest absolute Gasteiger partial charge is 0.475 e. The molecule has 0 amide bonds. The monoisotopic (exact) mass is 573 g/mol. The van der Waals surface area contributed by atoms with Crippen LogP contribution in [0.15, 0.2) is 66.0 Å². The standard InChI is InChI=1S/C22H26ClN5O2S.C2HF3O2/c1-16(17-6-4-3-5-7-17)28-11-10-18(14-28)27(2)21-9-8-19(12-20(21)23)31(29,30)26-22-13-24-15-25-22;3-2(4,5)1(6)7/h3-9,12-13,15-16,18,26H,10-11,14H2,1-2H3,(H,24,25);(H,6,7)/t16-,18-;/m0./s1. The lowest BCUT2D eigenvalue weighted by molar-refractivity contribution is -0.192. The SMILES string of the molecule is C[C@@H](c1ccccc1)N1CC[C@H](N(C)c2ccc(S(=O)(=O)Nc3cnc[nH]3)cc2Cl)C1.O=C(O)C(F)(F)F. The Kier molecular flexibility index (Phi) is 9.28. The van der Waals surface area contributed by atoms with E-state index in [9.17, 15) is 21.6 Å². The summed E-state index contributed by atoms with van der Waals surface area (Å²) in [6.07, 6.45) is -1.25. The van der Waals surface area contributed by atoms with E-state index >= 15 is 0 Å². The van der Waals surface area contributed by atoms with Gasteiger partial charge in [0.25, 0.3) is 10.0 Å². The van der Waals surface area contributed by atoms with Crippen molar-refractivity contribution in [2.75, 3.05) is 29.8 Å². The van der Waals surface area contributed by atoms with Crippen molar-refractivity contribution in [2.24, 2.45) is 0 Å². The minimum atomic E-state index is -5.08. The van der Waals surface area contributed by atoms with Gasteiger partial charge in [-0.3, -0.25) is 9.62 Å². The van der Waals surface area contributed by atoms with Gasteiger partial charge in [0, 0.05) is 32.2 Å². The number of aromatic amines is 1. The summed E-state index contributed by atoms with van der Waals surface area (Å²) in [6.45, 7) is 4.16. The molecule has 4 rings (SSSR count). The summed E-state index contributed by atoms with van der Waals surface area (Å²) in [7, 11) is -1.74. The number of benzene rings is 2. The van der Waals surface area contributed by atoms with Crippen molar-refractivity contribution in [3.05, 3.63) is 71.6 Å². The number of carboxylic acid groups (broad SMARTS) is 1. The van der Waals surface area contributed by atoms with Crippen LogP contribution in [-0.2, 0) is 14.8 Å².